The van der Waals surface area contributed by atoms with Gasteiger partial charge in [0.1, 0.15) is 5.57 Å². The largest absolute Gasteiger partial charge is 0.465 e. The zero-order valence-corrected chi connectivity index (χ0v) is 11.3. The number of rotatable bonds is 5. The fourth-order valence-electron chi connectivity index (χ4n) is 1.46. The van der Waals surface area contributed by atoms with Gasteiger partial charge >= 0.3 is 5.97 Å². The van der Waals surface area contributed by atoms with Gasteiger partial charge in [-0.25, -0.2) is 4.79 Å². The zero-order chi connectivity index (χ0) is 14.3. The van der Waals surface area contributed by atoms with Crippen molar-refractivity contribution < 1.29 is 14.3 Å². The van der Waals surface area contributed by atoms with Crippen LogP contribution in [0.4, 0.5) is 5.69 Å². The molecular weight excluding hydrogens is 242 g/mol. The van der Waals surface area contributed by atoms with E-state index in [-0.39, 0.29) is 11.4 Å². The molecule has 0 fully saturated rings. The third-order valence-electron chi connectivity index (χ3n) is 2.52. The lowest BCUT2D eigenvalue weighted by atomic mass is 10.2. The minimum Gasteiger partial charge on any atom is -0.465 e. The molecule has 0 bridgehead atoms. The van der Waals surface area contributed by atoms with Gasteiger partial charge in [0.05, 0.1) is 7.11 Å². The Hall–Kier alpha value is -2.36. The smallest absolute Gasteiger partial charge is 0.341 e. The van der Waals surface area contributed by atoms with Gasteiger partial charge in [0.15, 0.2) is 5.78 Å². The van der Waals surface area contributed by atoms with Crippen molar-refractivity contribution in [2.24, 2.45) is 0 Å². The normalized spacial score (nSPS) is 11.4. The van der Waals surface area contributed by atoms with Crippen LogP contribution in [0.2, 0.25) is 0 Å². The summed E-state index contributed by atoms with van der Waals surface area (Å²) in [5.41, 5.74) is 1.04. The van der Waals surface area contributed by atoms with Gasteiger partial charge in [0.2, 0.25) is 0 Å². The highest BCUT2D eigenvalue weighted by atomic mass is 16.5. The maximum absolute atomic E-state index is 11.3. The van der Waals surface area contributed by atoms with Crippen molar-refractivity contribution in [1.29, 1.82) is 0 Å². The van der Waals surface area contributed by atoms with Crippen LogP contribution in [0, 0.1) is 0 Å². The van der Waals surface area contributed by atoms with Crippen LogP contribution in [0.1, 0.15) is 6.92 Å². The van der Waals surface area contributed by atoms with Crippen LogP contribution in [0.25, 0.3) is 0 Å². The van der Waals surface area contributed by atoms with E-state index in [1.54, 1.807) is 12.3 Å². The Morgan fingerprint density at radius 2 is 1.84 bits per heavy atom. The van der Waals surface area contributed by atoms with Gasteiger partial charge in [0.25, 0.3) is 0 Å². The Bertz CT molecular complexity index is 503. The molecule has 100 valence electrons. The van der Waals surface area contributed by atoms with E-state index in [4.69, 9.17) is 0 Å². The summed E-state index contributed by atoms with van der Waals surface area (Å²) in [4.78, 5) is 24.5. The summed E-state index contributed by atoms with van der Waals surface area (Å²) >= 11 is 0. The summed E-state index contributed by atoms with van der Waals surface area (Å²) in [7, 11) is 3.13. The molecule has 19 heavy (non-hydrogen) atoms. The number of ketones is 1. The SMILES string of the molecule is COC(=O)C(=CC=CN(C)c1ccccc1)C(C)=O. The van der Waals surface area contributed by atoms with Crippen LogP contribution < -0.4 is 4.90 Å². The van der Waals surface area contributed by atoms with Crippen molar-refractivity contribution >= 4 is 17.4 Å². The van der Waals surface area contributed by atoms with Crippen LogP contribution in [0.15, 0.2) is 54.3 Å². The van der Waals surface area contributed by atoms with E-state index in [2.05, 4.69) is 4.74 Å². The summed E-state index contributed by atoms with van der Waals surface area (Å²) in [6.07, 6.45) is 4.86. The lowest BCUT2D eigenvalue weighted by Crippen LogP contribution is -2.11. The molecule has 0 aliphatic carbocycles. The van der Waals surface area contributed by atoms with Crippen LogP contribution in [0.3, 0.4) is 0 Å². The first-order valence-corrected chi connectivity index (χ1v) is 5.82. The third kappa shape index (κ3) is 4.43. The number of nitrogens with zero attached hydrogens (tertiary/aromatic N) is 1. The molecule has 4 heteroatoms. The van der Waals surface area contributed by atoms with Crippen molar-refractivity contribution in [1.82, 2.24) is 0 Å². The number of carbonyl (C=O) groups is 2. The Morgan fingerprint density at radius 1 is 1.21 bits per heavy atom. The van der Waals surface area contributed by atoms with Crippen LogP contribution in [0.5, 0.6) is 0 Å². The molecule has 0 amide bonds. The molecule has 1 aromatic rings. The van der Waals surface area contributed by atoms with Crippen molar-refractivity contribution in [3.8, 4) is 0 Å². The van der Waals surface area contributed by atoms with Crippen molar-refractivity contribution in [2.45, 2.75) is 6.92 Å². The monoisotopic (exact) mass is 259 g/mol. The van der Waals surface area contributed by atoms with Crippen LogP contribution in [-0.4, -0.2) is 25.9 Å². The first kappa shape index (κ1) is 14.7. The van der Waals surface area contributed by atoms with Gasteiger partial charge in [-0.2, -0.15) is 0 Å². The molecule has 0 heterocycles. The predicted molar refractivity (Wildman–Crippen MR) is 74.8 cm³/mol. The lowest BCUT2D eigenvalue weighted by Gasteiger charge is -2.13. The summed E-state index contributed by atoms with van der Waals surface area (Å²) < 4.78 is 4.54. The molecule has 1 aromatic carbocycles. The van der Waals surface area contributed by atoms with E-state index >= 15 is 0 Å². The summed E-state index contributed by atoms with van der Waals surface area (Å²) in [5.74, 6) is -0.946. The maximum atomic E-state index is 11.3. The Balaban J connectivity index is 2.80. The highest BCUT2D eigenvalue weighted by Crippen LogP contribution is 2.11. The maximum Gasteiger partial charge on any atom is 0.341 e. The summed E-state index contributed by atoms with van der Waals surface area (Å²) in [6.45, 7) is 1.33. The molecule has 0 saturated carbocycles. The lowest BCUT2D eigenvalue weighted by molar-refractivity contribution is -0.137. The van der Waals surface area contributed by atoms with Gasteiger partial charge in [-0.05, 0) is 31.2 Å². The van der Waals surface area contributed by atoms with Gasteiger partial charge in [-0.1, -0.05) is 18.2 Å². The van der Waals surface area contributed by atoms with E-state index in [0.29, 0.717) is 0 Å². The molecule has 0 atom stereocenters. The van der Waals surface area contributed by atoms with Crippen molar-refractivity contribution in [3.05, 3.63) is 54.3 Å². The average Bonchev–Trinajstić information content (AvgIpc) is 2.43. The number of allylic oxidation sites excluding steroid dienone is 2. The molecule has 4 nitrogen and oxygen atoms in total. The van der Waals surface area contributed by atoms with Crippen LogP contribution in [-0.2, 0) is 14.3 Å². The Labute approximate surface area is 113 Å². The van der Waals surface area contributed by atoms with Crippen molar-refractivity contribution in [2.75, 3.05) is 19.1 Å². The van der Waals surface area contributed by atoms with E-state index in [1.807, 2.05) is 42.3 Å². The highest BCUT2D eigenvalue weighted by molar-refractivity contribution is 6.16. The van der Waals surface area contributed by atoms with Gasteiger partial charge in [-0.3, -0.25) is 4.79 Å². The number of hydrogen-bond donors (Lipinski definition) is 0. The second-order valence-electron chi connectivity index (χ2n) is 3.92. The molecule has 0 N–H and O–H groups in total. The minimum atomic E-state index is -0.625. The molecule has 0 unspecified atom stereocenters. The first-order chi connectivity index (χ1) is 9.06. The number of benzene rings is 1. The Morgan fingerprint density at radius 3 is 2.37 bits per heavy atom. The van der Waals surface area contributed by atoms with Crippen molar-refractivity contribution in [3.63, 3.8) is 0 Å². The number of ether oxygens (including phenoxy) is 1. The fourth-order valence-corrected chi connectivity index (χ4v) is 1.46. The van der Waals surface area contributed by atoms with Gasteiger partial charge < -0.3 is 9.64 Å². The second kappa shape index (κ2) is 7.16. The zero-order valence-electron chi connectivity index (χ0n) is 11.3. The highest BCUT2D eigenvalue weighted by Gasteiger charge is 2.12. The van der Waals surface area contributed by atoms with Gasteiger partial charge in [-0.15, -0.1) is 0 Å². The van der Waals surface area contributed by atoms with Crippen LogP contribution >= 0.6 is 0 Å². The predicted octanol–water partition coefficient (Wildman–Crippen LogP) is 2.32. The fraction of sp³-hybridized carbons (Fsp3) is 0.200. The number of anilines is 1. The molecule has 0 spiro atoms. The van der Waals surface area contributed by atoms with E-state index in [0.717, 1.165) is 5.69 Å². The first-order valence-electron chi connectivity index (χ1n) is 5.82. The van der Waals surface area contributed by atoms with E-state index < -0.39 is 5.97 Å². The molecule has 0 saturated heterocycles. The molecule has 1 rings (SSSR count). The third-order valence-corrected chi connectivity index (χ3v) is 2.52. The topological polar surface area (TPSA) is 46.6 Å². The quantitative estimate of drug-likeness (QED) is 0.268. The molecule has 0 radical (unpaired) electrons. The number of para-hydroxylation sites is 1. The molecule has 0 aliphatic rings. The number of Topliss-reactive ketones (excluding diaryl/α,β-unsaturated/α-hetero) is 1. The number of methoxy groups -OCH3 is 1. The summed E-state index contributed by atoms with van der Waals surface area (Å²) in [5, 5.41) is 0. The van der Waals surface area contributed by atoms with Gasteiger partial charge in [0, 0.05) is 18.9 Å². The molecule has 0 aromatic heterocycles. The Kier molecular flexibility index (Phi) is 5.54. The van der Waals surface area contributed by atoms with E-state index in [9.17, 15) is 9.59 Å². The molecule has 0 aliphatic heterocycles. The summed E-state index contributed by atoms with van der Waals surface area (Å²) in [6, 6.07) is 9.72. The molecular formula is C15H17NO3. The minimum absolute atomic E-state index is 0.0280. The second-order valence-corrected chi connectivity index (χ2v) is 3.92. The number of carbonyl (C=O) groups excluding carboxylic acids is 2. The number of esters is 1. The number of hydrogen-bond acceptors (Lipinski definition) is 4. The average molecular weight is 259 g/mol. The van der Waals surface area contributed by atoms with E-state index in [1.165, 1.54) is 20.1 Å². The standard InChI is InChI=1S/C15H17NO3/c1-12(17)14(15(18)19-3)10-7-11-16(2)13-8-5-4-6-9-13/h4-11H,1-3H3.